The van der Waals surface area contributed by atoms with Crippen molar-refractivity contribution in [1.29, 1.82) is 0 Å². The summed E-state index contributed by atoms with van der Waals surface area (Å²) in [5.74, 6) is 0.760. The van der Waals surface area contributed by atoms with Crippen LogP contribution in [-0.4, -0.2) is 46.7 Å². The molecule has 6 rings (SSSR count). The molecule has 170 valence electrons. The number of carbonyl (C=O) groups is 1. The Labute approximate surface area is 194 Å². The van der Waals surface area contributed by atoms with Crippen LogP contribution in [0.15, 0.2) is 66.9 Å². The molecule has 5 nitrogen and oxygen atoms in total. The first kappa shape index (κ1) is 21.8. The number of hydrogen-bond acceptors (Lipinski definition) is 5. The minimum Gasteiger partial charge on any atom is -0.462 e. The molecule has 3 aromatic rings. The molecule has 2 aromatic carbocycles. The fourth-order valence-corrected chi connectivity index (χ4v) is 5.42. The molecule has 5 atom stereocenters. The Morgan fingerprint density at radius 3 is 2.79 bits per heavy atom. The number of rotatable bonds is 6. The molecule has 3 saturated heterocycles. The Balaban J connectivity index is 1.27. The van der Waals surface area contributed by atoms with Crippen molar-refractivity contribution >= 4 is 22.9 Å². The van der Waals surface area contributed by atoms with Crippen molar-refractivity contribution in [3.05, 3.63) is 83.6 Å². The highest BCUT2D eigenvalue weighted by Crippen LogP contribution is 2.42. The van der Waals surface area contributed by atoms with Gasteiger partial charge >= 0.3 is 5.97 Å². The van der Waals surface area contributed by atoms with Crippen LogP contribution >= 0.6 is 0 Å². The molecule has 0 radical (unpaired) electrons. The van der Waals surface area contributed by atoms with Crippen molar-refractivity contribution in [2.24, 2.45) is 11.8 Å². The average molecular weight is 443 g/mol. The Morgan fingerprint density at radius 1 is 1.21 bits per heavy atom. The smallest absolute Gasteiger partial charge is 0.338 e. The molecule has 0 amide bonds. The number of pyridine rings is 1. The molecule has 1 N–H and O–H groups in total. The van der Waals surface area contributed by atoms with Gasteiger partial charge in [0, 0.05) is 24.2 Å². The zero-order valence-corrected chi connectivity index (χ0v) is 18.9. The number of aromatic nitrogens is 1. The zero-order chi connectivity index (χ0) is 22.8. The van der Waals surface area contributed by atoms with Crippen LogP contribution in [0.1, 0.15) is 47.4 Å². The summed E-state index contributed by atoms with van der Waals surface area (Å²) >= 11 is 0. The first-order chi connectivity index (χ1) is 16.1. The summed E-state index contributed by atoms with van der Waals surface area (Å²) in [5, 5.41) is 12.4. The highest BCUT2D eigenvalue weighted by molar-refractivity contribution is 5.89. The number of hydrogen-bond donors (Lipinski definition) is 1. The molecule has 3 aliphatic rings. The van der Waals surface area contributed by atoms with Crippen LogP contribution < -0.4 is 0 Å². The molecule has 5 heteroatoms. The van der Waals surface area contributed by atoms with E-state index >= 15 is 0 Å². The van der Waals surface area contributed by atoms with Crippen molar-refractivity contribution in [1.82, 2.24) is 9.88 Å². The first-order valence-corrected chi connectivity index (χ1v) is 11.8. The molecule has 2 bridgehead atoms. The first-order valence-electron chi connectivity index (χ1n) is 11.8. The van der Waals surface area contributed by atoms with Gasteiger partial charge in [0.1, 0.15) is 0 Å². The lowest BCUT2D eigenvalue weighted by atomic mass is 9.73. The number of aliphatic hydroxyl groups is 1. The van der Waals surface area contributed by atoms with Crippen LogP contribution in [0.5, 0.6) is 0 Å². The van der Waals surface area contributed by atoms with E-state index in [9.17, 15) is 9.90 Å². The van der Waals surface area contributed by atoms with Crippen LogP contribution in [0.3, 0.4) is 0 Å². The number of esters is 1. The number of nitrogens with zero attached hydrogens (tertiary/aromatic N) is 2. The number of fused-ring (bicyclic) bond motifs is 4. The van der Waals surface area contributed by atoms with Gasteiger partial charge < -0.3 is 9.84 Å². The Hall–Kier alpha value is -3.02. The lowest BCUT2D eigenvalue weighted by Crippen LogP contribution is -2.54. The summed E-state index contributed by atoms with van der Waals surface area (Å²) < 4.78 is 5.05. The summed E-state index contributed by atoms with van der Waals surface area (Å²) in [5.41, 5.74) is 3.57. The van der Waals surface area contributed by atoms with Crippen molar-refractivity contribution in [3.8, 4) is 0 Å². The van der Waals surface area contributed by atoms with Gasteiger partial charge in [-0.3, -0.25) is 9.88 Å². The van der Waals surface area contributed by atoms with E-state index in [-0.39, 0.29) is 12.0 Å². The van der Waals surface area contributed by atoms with Crippen LogP contribution in [-0.2, 0) is 4.74 Å². The fraction of sp³-hybridized carbons (Fsp3) is 0.357. The van der Waals surface area contributed by atoms with Crippen LogP contribution in [0.25, 0.3) is 17.0 Å². The molecular weight excluding hydrogens is 412 g/mol. The number of para-hydroxylation sites is 1. The highest BCUT2D eigenvalue weighted by Gasteiger charge is 2.42. The molecule has 0 aliphatic carbocycles. The zero-order valence-electron chi connectivity index (χ0n) is 18.9. The number of carbonyl (C=O) groups excluding carboxylic acids is 1. The lowest BCUT2D eigenvalue weighted by molar-refractivity contribution is -0.0444. The monoisotopic (exact) mass is 442 g/mol. The number of benzene rings is 2. The summed E-state index contributed by atoms with van der Waals surface area (Å²) in [6, 6.07) is 17.7. The lowest BCUT2D eigenvalue weighted by Gasteiger charge is -2.50. The summed E-state index contributed by atoms with van der Waals surface area (Å²) in [6.45, 7) is 4.19. The van der Waals surface area contributed by atoms with Gasteiger partial charge in [0.2, 0.25) is 0 Å². The van der Waals surface area contributed by atoms with Gasteiger partial charge in [0.15, 0.2) is 0 Å². The number of aliphatic hydroxyl groups excluding tert-OH is 1. The minimum absolute atomic E-state index is 0.142. The third-order valence-corrected chi connectivity index (χ3v) is 7.17. The van der Waals surface area contributed by atoms with Gasteiger partial charge in [-0.2, -0.15) is 0 Å². The van der Waals surface area contributed by atoms with E-state index in [1.165, 1.54) is 0 Å². The fourth-order valence-electron chi connectivity index (χ4n) is 5.42. The molecule has 1 aromatic heterocycles. The van der Waals surface area contributed by atoms with E-state index < -0.39 is 6.10 Å². The normalized spacial score (nSPS) is 25.4. The van der Waals surface area contributed by atoms with Gasteiger partial charge in [0.25, 0.3) is 0 Å². The Kier molecular flexibility index (Phi) is 6.25. The largest absolute Gasteiger partial charge is 0.462 e. The van der Waals surface area contributed by atoms with E-state index in [2.05, 4.69) is 28.1 Å². The molecular formula is C28H30N2O3. The summed E-state index contributed by atoms with van der Waals surface area (Å²) in [4.78, 5) is 18.7. The molecule has 33 heavy (non-hydrogen) atoms. The second kappa shape index (κ2) is 9.46. The van der Waals surface area contributed by atoms with Crippen molar-refractivity contribution in [3.63, 3.8) is 0 Å². The van der Waals surface area contributed by atoms with Crippen molar-refractivity contribution in [2.45, 2.75) is 31.9 Å². The molecule has 0 saturated carbocycles. The summed E-state index contributed by atoms with van der Waals surface area (Å²) in [7, 11) is 0. The average Bonchev–Trinajstić information content (AvgIpc) is 2.87. The van der Waals surface area contributed by atoms with Crippen LogP contribution in [0.4, 0.5) is 0 Å². The van der Waals surface area contributed by atoms with E-state index in [1.807, 2.05) is 55.5 Å². The quantitative estimate of drug-likeness (QED) is 0.552. The third-order valence-electron chi connectivity index (χ3n) is 7.17. The molecule has 0 spiro atoms. The van der Waals surface area contributed by atoms with Crippen molar-refractivity contribution < 1.29 is 14.6 Å². The maximum absolute atomic E-state index is 11.8. The van der Waals surface area contributed by atoms with E-state index in [4.69, 9.17) is 4.74 Å². The van der Waals surface area contributed by atoms with Gasteiger partial charge in [0.05, 0.1) is 23.8 Å². The number of piperidine rings is 3. The standard InChI is InChI=1S/C28H30N2O3/c1-2-33-28(32)20-10-7-19(8-11-20)9-12-22-18-30-16-14-21(22)17-26(30)27(31)24-13-15-29-25-6-4-3-5-23(24)25/h3-13,15,21-22,26-27,31H,2,14,16-18H2,1H3/b12-9+/t21-,22-,26+,27+/m0/s1. The number of ether oxygens (including phenoxy) is 1. The molecule has 3 aliphatic heterocycles. The predicted molar refractivity (Wildman–Crippen MR) is 130 cm³/mol. The Bertz CT molecular complexity index is 1150. The van der Waals surface area contributed by atoms with E-state index in [1.54, 1.807) is 6.20 Å². The maximum Gasteiger partial charge on any atom is 0.338 e. The predicted octanol–water partition coefficient (Wildman–Crippen LogP) is 4.87. The van der Waals surface area contributed by atoms with Gasteiger partial charge in [-0.15, -0.1) is 0 Å². The highest BCUT2D eigenvalue weighted by atomic mass is 16.5. The van der Waals surface area contributed by atoms with Gasteiger partial charge in [-0.25, -0.2) is 4.79 Å². The second-order valence-corrected chi connectivity index (χ2v) is 9.07. The van der Waals surface area contributed by atoms with E-state index in [0.717, 1.165) is 48.0 Å². The molecule has 3 fully saturated rings. The minimum atomic E-state index is -0.513. The van der Waals surface area contributed by atoms with Crippen LogP contribution in [0, 0.1) is 11.8 Å². The topological polar surface area (TPSA) is 62.7 Å². The maximum atomic E-state index is 11.8. The summed E-state index contributed by atoms with van der Waals surface area (Å²) in [6.07, 6.45) is 7.91. The molecule has 1 unspecified atom stereocenters. The van der Waals surface area contributed by atoms with E-state index in [0.29, 0.717) is 24.0 Å². The van der Waals surface area contributed by atoms with Crippen LogP contribution in [0.2, 0.25) is 0 Å². The SMILES string of the molecule is CCOC(=O)c1ccc(/C=C/[C@H]2CN3CC[C@H]2C[C@@H]3[C@H](O)c2ccnc3ccccc23)cc1. The Morgan fingerprint density at radius 2 is 2.03 bits per heavy atom. The van der Waals surface area contributed by atoms with Gasteiger partial charge in [-0.05, 0) is 73.5 Å². The molecule has 4 heterocycles. The third kappa shape index (κ3) is 4.43. The van der Waals surface area contributed by atoms with Crippen molar-refractivity contribution in [2.75, 3.05) is 19.7 Å². The second-order valence-electron chi connectivity index (χ2n) is 9.07. The van der Waals surface area contributed by atoms with Gasteiger partial charge in [-0.1, -0.05) is 42.5 Å².